The Balaban J connectivity index is 1.49. The maximum absolute atomic E-state index is 12.3. The summed E-state index contributed by atoms with van der Waals surface area (Å²) < 4.78 is 6.03. The van der Waals surface area contributed by atoms with Crippen LogP contribution in [0.1, 0.15) is 12.3 Å². The number of carbonyl (C=O) groups excluding carboxylic acids is 1. The lowest BCUT2D eigenvalue weighted by molar-refractivity contribution is -0.384. The predicted molar refractivity (Wildman–Crippen MR) is 117 cm³/mol. The van der Waals surface area contributed by atoms with Gasteiger partial charge in [-0.05, 0) is 12.1 Å². The smallest absolute Gasteiger partial charge is 0.269 e. The number of nitro groups is 1. The van der Waals surface area contributed by atoms with Crippen LogP contribution >= 0.6 is 0 Å². The number of benzene rings is 3. The molecule has 0 bridgehead atoms. The van der Waals surface area contributed by atoms with Crippen molar-refractivity contribution in [3.8, 4) is 22.6 Å². The second-order valence-electron chi connectivity index (χ2n) is 6.87. The number of hydrogen-bond acceptors (Lipinski definition) is 5. The molecule has 0 saturated heterocycles. The minimum atomic E-state index is -0.483. The molecule has 7 nitrogen and oxygen atoms in total. The molecule has 1 N–H and O–H groups in total. The van der Waals surface area contributed by atoms with Crippen molar-refractivity contribution in [2.24, 2.45) is 0 Å². The summed E-state index contributed by atoms with van der Waals surface area (Å²) >= 11 is 0. The summed E-state index contributed by atoms with van der Waals surface area (Å²) in [6, 6.07) is 25.2. The zero-order chi connectivity index (χ0) is 21.6. The summed E-state index contributed by atoms with van der Waals surface area (Å²) in [6.07, 6.45) is 0.492. The molecule has 0 atom stereocenters. The number of hydrogen-bond donors (Lipinski definition) is 1. The highest BCUT2D eigenvalue weighted by Crippen LogP contribution is 2.32. The largest absolute Gasteiger partial charge is 0.440 e. The van der Waals surface area contributed by atoms with Crippen molar-refractivity contribution in [2.75, 3.05) is 5.32 Å². The van der Waals surface area contributed by atoms with E-state index in [9.17, 15) is 14.9 Å². The molecule has 31 heavy (non-hydrogen) atoms. The molecule has 1 aromatic heterocycles. The molecule has 4 aromatic rings. The van der Waals surface area contributed by atoms with Crippen LogP contribution in [0.5, 0.6) is 0 Å². The number of rotatable bonds is 7. The Bertz CT molecular complexity index is 1130. The zero-order valence-electron chi connectivity index (χ0n) is 16.5. The first-order chi connectivity index (χ1) is 15.1. The van der Waals surface area contributed by atoms with Crippen molar-refractivity contribution in [1.29, 1.82) is 0 Å². The normalized spacial score (nSPS) is 10.6. The van der Waals surface area contributed by atoms with Gasteiger partial charge in [0.05, 0.1) is 4.92 Å². The third-order valence-corrected chi connectivity index (χ3v) is 4.68. The van der Waals surface area contributed by atoms with Gasteiger partial charge in [0, 0.05) is 41.8 Å². The molecular weight excluding hydrogens is 394 g/mol. The Morgan fingerprint density at radius 3 is 2.13 bits per heavy atom. The van der Waals surface area contributed by atoms with E-state index in [0.29, 0.717) is 23.8 Å². The Morgan fingerprint density at radius 2 is 1.52 bits per heavy atom. The van der Waals surface area contributed by atoms with Gasteiger partial charge >= 0.3 is 0 Å². The average molecular weight is 413 g/mol. The van der Waals surface area contributed by atoms with Gasteiger partial charge in [-0.25, -0.2) is 4.98 Å². The minimum Gasteiger partial charge on any atom is -0.440 e. The van der Waals surface area contributed by atoms with Crippen molar-refractivity contribution < 1.29 is 14.1 Å². The number of amides is 1. The van der Waals surface area contributed by atoms with Crippen LogP contribution in [0.3, 0.4) is 0 Å². The lowest BCUT2D eigenvalue weighted by atomic mass is 10.1. The van der Waals surface area contributed by atoms with Crippen molar-refractivity contribution in [2.45, 2.75) is 12.8 Å². The SMILES string of the molecule is O=C(CCc1nc(-c2ccccc2)c(-c2ccccc2)o1)Nc1ccc([N+](=O)[O-])cc1. The number of nitrogens with one attached hydrogen (secondary N) is 1. The predicted octanol–water partition coefficient (Wildman–Crippen LogP) is 5.49. The van der Waals surface area contributed by atoms with Gasteiger partial charge in [-0.3, -0.25) is 14.9 Å². The number of anilines is 1. The van der Waals surface area contributed by atoms with Crippen LogP contribution in [-0.2, 0) is 11.2 Å². The van der Waals surface area contributed by atoms with Crippen molar-refractivity contribution >= 4 is 17.3 Å². The van der Waals surface area contributed by atoms with E-state index in [2.05, 4.69) is 10.3 Å². The summed E-state index contributed by atoms with van der Waals surface area (Å²) in [5.74, 6) is 0.906. The zero-order valence-corrected chi connectivity index (χ0v) is 16.5. The molecule has 1 amide bonds. The summed E-state index contributed by atoms with van der Waals surface area (Å²) in [6.45, 7) is 0. The number of oxazole rings is 1. The maximum Gasteiger partial charge on any atom is 0.269 e. The van der Waals surface area contributed by atoms with Crippen LogP contribution in [0.2, 0.25) is 0 Å². The number of aromatic nitrogens is 1. The molecule has 0 unspecified atom stereocenters. The van der Waals surface area contributed by atoms with E-state index >= 15 is 0 Å². The van der Waals surface area contributed by atoms with E-state index in [-0.39, 0.29) is 18.0 Å². The number of nitro benzene ring substituents is 1. The van der Waals surface area contributed by atoms with Gasteiger partial charge in [0.15, 0.2) is 11.7 Å². The van der Waals surface area contributed by atoms with Crippen LogP contribution < -0.4 is 5.32 Å². The van der Waals surface area contributed by atoms with Gasteiger partial charge in [-0.15, -0.1) is 0 Å². The molecular formula is C24H19N3O4. The molecule has 0 aliphatic heterocycles. The Morgan fingerprint density at radius 1 is 0.903 bits per heavy atom. The summed E-state index contributed by atoms with van der Waals surface area (Å²) in [7, 11) is 0. The fourth-order valence-electron chi connectivity index (χ4n) is 3.16. The van der Waals surface area contributed by atoms with Gasteiger partial charge < -0.3 is 9.73 Å². The first kappa shape index (κ1) is 20.0. The van der Waals surface area contributed by atoms with Gasteiger partial charge in [0.25, 0.3) is 5.69 Å². The van der Waals surface area contributed by atoms with Crippen LogP contribution in [0.15, 0.2) is 89.3 Å². The first-order valence-corrected chi connectivity index (χ1v) is 9.75. The number of aryl methyl sites for hydroxylation is 1. The highest BCUT2D eigenvalue weighted by atomic mass is 16.6. The fourth-order valence-corrected chi connectivity index (χ4v) is 3.16. The maximum atomic E-state index is 12.3. The molecule has 0 saturated carbocycles. The summed E-state index contributed by atoms with van der Waals surface area (Å²) in [4.78, 5) is 27.2. The van der Waals surface area contributed by atoms with Gasteiger partial charge in [-0.2, -0.15) is 0 Å². The number of non-ortho nitro benzene ring substituents is 1. The molecule has 3 aromatic carbocycles. The second kappa shape index (κ2) is 9.04. The van der Waals surface area contributed by atoms with Crippen LogP contribution in [0, 0.1) is 10.1 Å². The lowest BCUT2D eigenvalue weighted by Gasteiger charge is -2.03. The number of nitrogens with zero attached hydrogens (tertiary/aromatic N) is 2. The third-order valence-electron chi connectivity index (χ3n) is 4.68. The van der Waals surface area contributed by atoms with E-state index in [1.807, 2.05) is 60.7 Å². The molecule has 0 fully saturated rings. The number of carbonyl (C=O) groups is 1. The second-order valence-corrected chi connectivity index (χ2v) is 6.87. The molecule has 0 aliphatic carbocycles. The Labute approximate surface area is 178 Å². The Hall–Kier alpha value is -4.26. The standard InChI is InChI=1S/C24H19N3O4/c28-21(25-19-11-13-20(14-12-19)27(29)30)15-16-22-26-23(17-7-3-1-4-8-17)24(31-22)18-9-5-2-6-10-18/h1-14H,15-16H2,(H,25,28). The van der Waals surface area contributed by atoms with Gasteiger partial charge in [-0.1, -0.05) is 60.7 Å². The molecule has 0 radical (unpaired) electrons. The van der Waals surface area contributed by atoms with E-state index in [1.165, 1.54) is 24.3 Å². The monoisotopic (exact) mass is 413 g/mol. The average Bonchev–Trinajstić information content (AvgIpc) is 3.24. The van der Waals surface area contributed by atoms with E-state index in [4.69, 9.17) is 4.42 Å². The van der Waals surface area contributed by atoms with Crippen molar-refractivity contribution in [3.63, 3.8) is 0 Å². The third kappa shape index (κ3) is 4.84. The summed E-state index contributed by atoms with van der Waals surface area (Å²) in [5, 5.41) is 13.5. The Kier molecular flexibility index (Phi) is 5.84. The van der Waals surface area contributed by atoms with Crippen LogP contribution in [0.25, 0.3) is 22.6 Å². The molecule has 1 heterocycles. The van der Waals surface area contributed by atoms with E-state index < -0.39 is 4.92 Å². The molecule has 154 valence electrons. The lowest BCUT2D eigenvalue weighted by Crippen LogP contribution is -2.12. The van der Waals surface area contributed by atoms with Crippen LogP contribution in [0.4, 0.5) is 11.4 Å². The topological polar surface area (TPSA) is 98.3 Å². The van der Waals surface area contributed by atoms with Crippen molar-refractivity contribution in [1.82, 2.24) is 4.98 Å². The van der Waals surface area contributed by atoms with Gasteiger partial charge in [0.1, 0.15) is 5.69 Å². The summed E-state index contributed by atoms with van der Waals surface area (Å²) in [5.41, 5.74) is 3.05. The minimum absolute atomic E-state index is 0.0281. The van der Waals surface area contributed by atoms with Crippen LogP contribution in [-0.4, -0.2) is 15.8 Å². The van der Waals surface area contributed by atoms with Crippen molar-refractivity contribution in [3.05, 3.63) is 101 Å². The van der Waals surface area contributed by atoms with E-state index in [1.54, 1.807) is 0 Å². The molecule has 0 spiro atoms. The fraction of sp³-hybridized carbons (Fsp3) is 0.0833. The highest BCUT2D eigenvalue weighted by molar-refractivity contribution is 5.90. The molecule has 4 rings (SSSR count). The van der Waals surface area contributed by atoms with Gasteiger partial charge in [0.2, 0.25) is 5.91 Å². The highest BCUT2D eigenvalue weighted by Gasteiger charge is 2.17. The molecule has 7 heteroatoms. The van der Waals surface area contributed by atoms with E-state index in [0.717, 1.165) is 16.8 Å². The quantitative estimate of drug-likeness (QED) is 0.319. The first-order valence-electron chi connectivity index (χ1n) is 9.75. The molecule has 0 aliphatic rings.